The van der Waals surface area contributed by atoms with Crippen molar-refractivity contribution in [1.29, 1.82) is 0 Å². The van der Waals surface area contributed by atoms with Crippen LogP contribution in [0.5, 0.6) is 5.75 Å². The van der Waals surface area contributed by atoms with E-state index in [4.69, 9.17) is 16.3 Å². The second-order valence-corrected chi connectivity index (χ2v) is 5.49. The Morgan fingerprint density at radius 2 is 2.20 bits per heavy atom. The van der Waals surface area contributed by atoms with Crippen molar-refractivity contribution in [1.82, 2.24) is 14.8 Å². The van der Waals surface area contributed by atoms with Crippen LogP contribution in [-0.2, 0) is 6.54 Å². The third-order valence-electron chi connectivity index (χ3n) is 2.81. The van der Waals surface area contributed by atoms with Gasteiger partial charge in [-0.2, -0.15) is 5.10 Å². The maximum Gasteiger partial charge on any atom is 0.129 e. The molecule has 2 heterocycles. The van der Waals surface area contributed by atoms with Crippen molar-refractivity contribution in [2.45, 2.75) is 6.54 Å². The maximum absolute atomic E-state index is 5.85. The van der Waals surface area contributed by atoms with E-state index < -0.39 is 0 Å². The Bertz CT molecular complexity index is 723. The molecule has 0 unspecified atom stereocenters. The lowest BCUT2D eigenvalue weighted by Gasteiger charge is -2.04. The van der Waals surface area contributed by atoms with Gasteiger partial charge in [-0.05, 0) is 12.1 Å². The number of rotatable bonds is 4. The van der Waals surface area contributed by atoms with Gasteiger partial charge in [0.15, 0.2) is 0 Å². The monoisotopic (exact) mass is 305 g/mol. The van der Waals surface area contributed by atoms with E-state index in [0.29, 0.717) is 11.6 Å². The summed E-state index contributed by atoms with van der Waals surface area (Å²) in [7, 11) is 1.67. The van der Waals surface area contributed by atoms with Crippen molar-refractivity contribution in [3.8, 4) is 16.3 Å². The number of benzene rings is 1. The fraction of sp³-hybridized carbons (Fsp3) is 0.143. The lowest BCUT2D eigenvalue weighted by Crippen LogP contribution is -1.99. The van der Waals surface area contributed by atoms with Crippen molar-refractivity contribution in [3.05, 3.63) is 52.8 Å². The van der Waals surface area contributed by atoms with Crippen molar-refractivity contribution >= 4 is 22.9 Å². The molecule has 1 aromatic carbocycles. The van der Waals surface area contributed by atoms with Gasteiger partial charge in [-0.25, -0.2) is 4.98 Å². The topological polar surface area (TPSA) is 39.9 Å². The minimum absolute atomic E-state index is 0.609. The molecule has 0 saturated heterocycles. The summed E-state index contributed by atoms with van der Waals surface area (Å²) >= 11 is 7.44. The number of thiazole rings is 1. The van der Waals surface area contributed by atoms with E-state index in [1.165, 1.54) is 0 Å². The largest absolute Gasteiger partial charge is 0.496 e. The fourth-order valence-corrected chi connectivity index (χ4v) is 2.91. The van der Waals surface area contributed by atoms with Gasteiger partial charge in [-0.15, -0.1) is 11.3 Å². The van der Waals surface area contributed by atoms with E-state index in [0.717, 1.165) is 22.0 Å². The van der Waals surface area contributed by atoms with Crippen molar-refractivity contribution in [2.24, 2.45) is 0 Å². The first-order valence-corrected chi connectivity index (χ1v) is 7.28. The molecule has 0 fully saturated rings. The molecule has 6 heteroatoms. The summed E-state index contributed by atoms with van der Waals surface area (Å²) in [6.07, 6.45) is 3.40. The molecule has 0 N–H and O–H groups in total. The van der Waals surface area contributed by atoms with Gasteiger partial charge in [-0.3, -0.25) is 4.68 Å². The highest BCUT2D eigenvalue weighted by Crippen LogP contribution is 2.31. The van der Waals surface area contributed by atoms with Gasteiger partial charge >= 0.3 is 0 Å². The zero-order valence-corrected chi connectivity index (χ0v) is 12.4. The summed E-state index contributed by atoms with van der Waals surface area (Å²) in [6, 6.07) is 7.87. The minimum Gasteiger partial charge on any atom is -0.496 e. The second-order valence-electron chi connectivity index (χ2n) is 4.20. The van der Waals surface area contributed by atoms with Crippen LogP contribution in [0.15, 0.2) is 42.0 Å². The van der Waals surface area contributed by atoms with Crippen LogP contribution in [0.3, 0.4) is 0 Å². The fourth-order valence-electron chi connectivity index (χ4n) is 1.92. The Kier molecular flexibility index (Phi) is 3.71. The number of para-hydroxylation sites is 1. The van der Waals surface area contributed by atoms with Gasteiger partial charge in [0.05, 0.1) is 36.1 Å². The number of halogens is 1. The predicted octanol–water partition coefficient (Wildman–Crippen LogP) is 3.72. The number of hydrogen-bond acceptors (Lipinski definition) is 4. The number of aromatic nitrogens is 3. The van der Waals surface area contributed by atoms with Crippen molar-refractivity contribution in [3.63, 3.8) is 0 Å². The summed E-state index contributed by atoms with van der Waals surface area (Å²) in [5, 5.41) is 7.75. The number of hydrogen-bond donors (Lipinski definition) is 0. The van der Waals surface area contributed by atoms with Crippen LogP contribution >= 0.6 is 22.9 Å². The maximum atomic E-state index is 5.85. The molecule has 0 amide bonds. The lowest BCUT2D eigenvalue weighted by molar-refractivity contribution is 0.416. The number of methoxy groups -OCH3 is 1. The summed E-state index contributed by atoms with van der Waals surface area (Å²) in [6.45, 7) is 0.609. The molecular weight excluding hydrogens is 294 g/mol. The van der Waals surface area contributed by atoms with Crippen LogP contribution in [0, 0.1) is 0 Å². The molecule has 0 bridgehead atoms. The van der Waals surface area contributed by atoms with Crippen LogP contribution in [0.2, 0.25) is 5.02 Å². The van der Waals surface area contributed by atoms with E-state index in [2.05, 4.69) is 10.1 Å². The average Bonchev–Trinajstić information content (AvgIpc) is 3.08. The minimum atomic E-state index is 0.609. The van der Waals surface area contributed by atoms with Crippen LogP contribution < -0.4 is 4.74 Å². The summed E-state index contributed by atoms with van der Waals surface area (Å²) < 4.78 is 7.13. The molecule has 20 heavy (non-hydrogen) atoms. The number of ether oxygens (including phenoxy) is 1. The molecule has 0 aliphatic heterocycles. The Hall–Kier alpha value is -1.85. The molecular formula is C14H12ClN3OS. The zero-order valence-electron chi connectivity index (χ0n) is 10.8. The molecule has 0 saturated carbocycles. The Morgan fingerprint density at radius 3 is 2.95 bits per heavy atom. The smallest absolute Gasteiger partial charge is 0.129 e. The highest BCUT2D eigenvalue weighted by molar-refractivity contribution is 7.13. The average molecular weight is 306 g/mol. The first kappa shape index (κ1) is 13.1. The molecule has 3 rings (SSSR count). The van der Waals surface area contributed by atoms with Gasteiger partial charge in [-0.1, -0.05) is 23.7 Å². The summed E-state index contributed by atoms with van der Waals surface area (Å²) in [5.41, 5.74) is 1.96. The molecule has 102 valence electrons. The molecule has 3 aromatic rings. The molecule has 0 radical (unpaired) electrons. The zero-order chi connectivity index (χ0) is 13.9. The van der Waals surface area contributed by atoms with Crippen molar-refractivity contribution in [2.75, 3.05) is 7.11 Å². The van der Waals surface area contributed by atoms with E-state index in [-0.39, 0.29) is 0 Å². The van der Waals surface area contributed by atoms with Crippen LogP contribution in [0.4, 0.5) is 0 Å². The van der Waals surface area contributed by atoms with E-state index >= 15 is 0 Å². The highest BCUT2D eigenvalue weighted by Gasteiger charge is 2.10. The number of nitrogens with zero attached hydrogens (tertiary/aromatic N) is 3. The predicted molar refractivity (Wildman–Crippen MR) is 80.4 cm³/mol. The first-order valence-electron chi connectivity index (χ1n) is 6.02. The summed E-state index contributed by atoms with van der Waals surface area (Å²) in [4.78, 5) is 4.63. The molecule has 0 spiro atoms. The Morgan fingerprint density at radius 1 is 1.35 bits per heavy atom. The van der Waals surface area contributed by atoms with E-state index in [1.54, 1.807) is 35.5 Å². The molecule has 0 aliphatic carbocycles. The van der Waals surface area contributed by atoms with E-state index in [1.807, 2.05) is 29.6 Å². The van der Waals surface area contributed by atoms with E-state index in [9.17, 15) is 0 Å². The van der Waals surface area contributed by atoms with Gasteiger partial charge < -0.3 is 4.74 Å². The third kappa shape index (κ3) is 2.69. The SMILES string of the molecule is COc1ccccc1-c1nc(Cn2cc(Cl)cn2)cs1. The first-order chi connectivity index (χ1) is 9.76. The standard InChI is InChI=1S/C14H12ClN3OS/c1-19-13-5-3-2-4-12(13)14-17-11(9-20-14)8-18-7-10(15)6-16-18/h2-7,9H,8H2,1H3. The second kappa shape index (κ2) is 5.64. The normalized spacial score (nSPS) is 10.7. The lowest BCUT2D eigenvalue weighted by atomic mass is 10.2. The van der Waals surface area contributed by atoms with Gasteiger partial charge in [0.25, 0.3) is 0 Å². The van der Waals surface area contributed by atoms with Gasteiger partial charge in [0.1, 0.15) is 10.8 Å². The van der Waals surface area contributed by atoms with Crippen molar-refractivity contribution < 1.29 is 4.74 Å². The van der Waals surface area contributed by atoms with Gasteiger partial charge in [0, 0.05) is 11.6 Å². The molecule has 2 aromatic heterocycles. The highest BCUT2D eigenvalue weighted by atomic mass is 35.5. The Balaban J connectivity index is 1.86. The molecule has 0 aliphatic rings. The Labute approximate surface area is 125 Å². The van der Waals surface area contributed by atoms with Crippen LogP contribution in [-0.4, -0.2) is 21.9 Å². The van der Waals surface area contributed by atoms with Crippen LogP contribution in [0.25, 0.3) is 10.6 Å². The quantitative estimate of drug-likeness (QED) is 0.737. The molecule has 4 nitrogen and oxygen atoms in total. The summed E-state index contributed by atoms with van der Waals surface area (Å²) in [5.74, 6) is 0.829. The van der Waals surface area contributed by atoms with Gasteiger partial charge in [0.2, 0.25) is 0 Å². The molecule has 0 atom stereocenters. The van der Waals surface area contributed by atoms with Crippen LogP contribution in [0.1, 0.15) is 5.69 Å². The third-order valence-corrected chi connectivity index (χ3v) is 3.93.